The molecular formula is C22H25N5O. The molecule has 3 aromatic rings. The predicted octanol–water partition coefficient (Wildman–Crippen LogP) is 3.48. The molecule has 6 heteroatoms. The number of nitrogens with zero attached hydrogens (tertiary/aromatic N) is 3. The standard InChI is InChI=1S/C22H25N5O/c1-2-15-4-6-16(7-5-15)18-12-19(25-24-18)21(28)27-11-3-9-22(14-27)10-8-17-13-23-26-20(17)22/h4-7,12-13H,2-3,8-11,14H2,1H3,(H,23,26)(H,24,25). The fourth-order valence-corrected chi connectivity index (χ4v) is 4.83. The zero-order valence-electron chi connectivity index (χ0n) is 16.2. The van der Waals surface area contributed by atoms with E-state index in [2.05, 4.69) is 51.6 Å². The molecule has 1 amide bonds. The van der Waals surface area contributed by atoms with Gasteiger partial charge in [-0.15, -0.1) is 0 Å². The fourth-order valence-electron chi connectivity index (χ4n) is 4.83. The van der Waals surface area contributed by atoms with Crippen LogP contribution in [0.1, 0.15) is 53.5 Å². The summed E-state index contributed by atoms with van der Waals surface area (Å²) in [6, 6.07) is 10.2. The van der Waals surface area contributed by atoms with Crippen molar-refractivity contribution < 1.29 is 4.79 Å². The number of carbonyl (C=O) groups excluding carboxylic acids is 1. The van der Waals surface area contributed by atoms with Gasteiger partial charge in [0.25, 0.3) is 5.91 Å². The summed E-state index contributed by atoms with van der Waals surface area (Å²) in [5.74, 6) is 0.0379. The Morgan fingerprint density at radius 2 is 2.07 bits per heavy atom. The Balaban J connectivity index is 1.36. The highest BCUT2D eigenvalue weighted by Gasteiger charge is 2.44. The van der Waals surface area contributed by atoms with E-state index < -0.39 is 0 Å². The van der Waals surface area contributed by atoms with Crippen molar-refractivity contribution in [1.82, 2.24) is 25.3 Å². The number of benzene rings is 1. The molecule has 1 atom stereocenters. The number of aromatic nitrogens is 4. The van der Waals surface area contributed by atoms with Crippen LogP contribution >= 0.6 is 0 Å². The fraction of sp³-hybridized carbons (Fsp3) is 0.409. The molecule has 6 nitrogen and oxygen atoms in total. The zero-order chi connectivity index (χ0) is 19.1. The second-order valence-electron chi connectivity index (χ2n) is 8.10. The summed E-state index contributed by atoms with van der Waals surface area (Å²) >= 11 is 0. The Bertz CT molecular complexity index is 1000. The van der Waals surface area contributed by atoms with Gasteiger partial charge in [-0.1, -0.05) is 31.2 Å². The summed E-state index contributed by atoms with van der Waals surface area (Å²) in [4.78, 5) is 15.1. The van der Waals surface area contributed by atoms with Gasteiger partial charge in [0.1, 0.15) is 5.69 Å². The van der Waals surface area contributed by atoms with Crippen LogP contribution in [0.15, 0.2) is 36.5 Å². The molecule has 3 heterocycles. The Kier molecular flexibility index (Phi) is 4.07. The van der Waals surface area contributed by atoms with Gasteiger partial charge in [-0.25, -0.2) is 0 Å². The van der Waals surface area contributed by atoms with Crippen LogP contribution < -0.4 is 0 Å². The van der Waals surface area contributed by atoms with Crippen LogP contribution in [0.5, 0.6) is 0 Å². The predicted molar refractivity (Wildman–Crippen MR) is 107 cm³/mol. The van der Waals surface area contributed by atoms with E-state index in [1.165, 1.54) is 16.8 Å². The monoisotopic (exact) mass is 375 g/mol. The molecule has 1 saturated heterocycles. The average Bonchev–Trinajstić information content (AvgIpc) is 3.47. The third-order valence-electron chi connectivity index (χ3n) is 6.45. The lowest BCUT2D eigenvalue weighted by atomic mass is 9.77. The molecule has 1 aromatic carbocycles. The van der Waals surface area contributed by atoms with Crippen molar-refractivity contribution in [2.75, 3.05) is 13.1 Å². The lowest BCUT2D eigenvalue weighted by Crippen LogP contribution is -2.48. The number of likely N-dealkylation sites (tertiary alicyclic amines) is 1. The highest BCUT2D eigenvalue weighted by Crippen LogP contribution is 2.44. The molecule has 2 aromatic heterocycles. The van der Waals surface area contributed by atoms with Crippen LogP contribution in [-0.2, 0) is 18.3 Å². The van der Waals surface area contributed by atoms with E-state index in [1.807, 2.05) is 17.2 Å². The number of carbonyl (C=O) groups is 1. The van der Waals surface area contributed by atoms with Crippen LogP contribution in [-0.4, -0.2) is 44.3 Å². The van der Waals surface area contributed by atoms with E-state index in [0.29, 0.717) is 5.69 Å². The first kappa shape index (κ1) is 17.2. The quantitative estimate of drug-likeness (QED) is 0.736. The summed E-state index contributed by atoms with van der Waals surface area (Å²) in [5.41, 5.74) is 6.30. The number of rotatable bonds is 3. The van der Waals surface area contributed by atoms with Crippen molar-refractivity contribution in [2.45, 2.75) is 44.4 Å². The highest BCUT2D eigenvalue weighted by atomic mass is 16.2. The zero-order valence-corrected chi connectivity index (χ0v) is 16.2. The van der Waals surface area contributed by atoms with Gasteiger partial charge >= 0.3 is 0 Å². The number of H-pyrrole nitrogens is 2. The summed E-state index contributed by atoms with van der Waals surface area (Å²) in [6.45, 7) is 3.69. The third kappa shape index (κ3) is 2.75. The molecule has 1 aliphatic carbocycles. The molecule has 1 aliphatic heterocycles. The average molecular weight is 375 g/mol. The van der Waals surface area contributed by atoms with Crippen molar-refractivity contribution in [2.24, 2.45) is 0 Å². The molecule has 2 aliphatic rings. The minimum Gasteiger partial charge on any atom is -0.336 e. The first-order valence-corrected chi connectivity index (χ1v) is 10.2. The molecule has 2 N–H and O–H groups in total. The SMILES string of the molecule is CCc1ccc(-c2cc(C(=O)N3CCCC4(CCc5cn[nH]c54)C3)[nH]n2)cc1. The topological polar surface area (TPSA) is 77.7 Å². The molecule has 0 bridgehead atoms. The molecule has 28 heavy (non-hydrogen) atoms. The number of hydrogen-bond acceptors (Lipinski definition) is 3. The first-order valence-electron chi connectivity index (χ1n) is 10.2. The lowest BCUT2D eigenvalue weighted by Gasteiger charge is -2.40. The number of aromatic amines is 2. The van der Waals surface area contributed by atoms with Crippen molar-refractivity contribution in [1.29, 1.82) is 0 Å². The molecule has 0 radical (unpaired) electrons. The Morgan fingerprint density at radius 3 is 2.89 bits per heavy atom. The van der Waals surface area contributed by atoms with Gasteiger partial charge in [0, 0.05) is 29.8 Å². The lowest BCUT2D eigenvalue weighted by molar-refractivity contribution is 0.0627. The number of fused-ring (bicyclic) bond motifs is 2. The smallest absolute Gasteiger partial charge is 0.271 e. The second kappa shape index (κ2) is 6.62. The minimum absolute atomic E-state index is 0.0379. The van der Waals surface area contributed by atoms with E-state index in [9.17, 15) is 4.79 Å². The summed E-state index contributed by atoms with van der Waals surface area (Å²) in [5, 5.41) is 14.8. The number of aryl methyl sites for hydroxylation is 2. The maximum atomic E-state index is 13.2. The molecule has 144 valence electrons. The van der Waals surface area contributed by atoms with Gasteiger partial charge in [-0.05, 0) is 49.3 Å². The van der Waals surface area contributed by atoms with Crippen molar-refractivity contribution in [3.05, 3.63) is 59.0 Å². The molecular weight excluding hydrogens is 350 g/mol. The third-order valence-corrected chi connectivity index (χ3v) is 6.45. The first-order chi connectivity index (χ1) is 13.7. The van der Waals surface area contributed by atoms with Gasteiger partial charge in [0.15, 0.2) is 0 Å². The van der Waals surface area contributed by atoms with Crippen LogP contribution in [0.3, 0.4) is 0 Å². The van der Waals surface area contributed by atoms with Gasteiger partial charge in [0.2, 0.25) is 0 Å². The largest absolute Gasteiger partial charge is 0.336 e. The van der Waals surface area contributed by atoms with Gasteiger partial charge in [-0.3, -0.25) is 15.0 Å². The Morgan fingerprint density at radius 1 is 1.21 bits per heavy atom. The Hall–Kier alpha value is -2.89. The van der Waals surface area contributed by atoms with E-state index in [-0.39, 0.29) is 11.3 Å². The summed E-state index contributed by atoms with van der Waals surface area (Å²) < 4.78 is 0. The molecule has 1 fully saturated rings. The second-order valence-corrected chi connectivity index (χ2v) is 8.10. The van der Waals surface area contributed by atoms with Crippen LogP contribution in [0.4, 0.5) is 0 Å². The van der Waals surface area contributed by atoms with Gasteiger partial charge < -0.3 is 4.90 Å². The maximum Gasteiger partial charge on any atom is 0.271 e. The molecule has 0 saturated carbocycles. The normalized spacial score (nSPS) is 21.2. The van der Waals surface area contributed by atoms with Gasteiger partial charge in [-0.2, -0.15) is 10.2 Å². The van der Waals surface area contributed by atoms with E-state index >= 15 is 0 Å². The van der Waals surface area contributed by atoms with Crippen LogP contribution in [0.2, 0.25) is 0 Å². The van der Waals surface area contributed by atoms with Crippen LogP contribution in [0.25, 0.3) is 11.3 Å². The minimum atomic E-state index is 0.0379. The summed E-state index contributed by atoms with van der Waals surface area (Å²) in [6.07, 6.45) is 7.23. The van der Waals surface area contributed by atoms with E-state index in [1.54, 1.807) is 0 Å². The van der Waals surface area contributed by atoms with Gasteiger partial charge in [0.05, 0.1) is 11.9 Å². The maximum absolute atomic E-state index is 13.2. The number of piperidine rings is 1. The highest BCUT2D eigenvalue weighted by molar-refractivity contribution is 5.93. The van der Waals surface area contributed by atoms with Crippen LogP contribution in [0, 0.1) is 0 Å². The van der Waals surface area contributed by atoms with E-state index in [4.69, 9.17) is 0 Å². The number of hydrogen-bond donors (Lipinski definition) is 2. The van der Waals surface area contributed by atoms with E-state index in [0.717, 1.165) is 56.5 Å². The Labute approximate surface area is 164 Å². The van der Waals surface area contributed by atoms with Crippen molar-refractivity contribution >= 4 is 5.91 Å². The molecule has 1 spiro atoms. The summed E-state index contributed by atoms with van der Waals surface area (Å²) in [7, 11) is 0. The molecule has 1 unspecified atom stereocenters. The number of nitrogens with one attached hydrogen (secondary N) is 2. The number of amides is 1. The molecule has 5 rings (SSSR count). The van der Waals surface area contributed by atoms with Crippen molar-refractivity contribution in [3.8, 4) is 11.3 Å². The van der Waals surface area contributed by atoms with Crippen molar-refractivity contribution in [3.63, 3.8) is 0 Å².